The lowest BCUT2D eigenvalue weighted by Crippen LogP contribution is -2.26. The van der Waals surface area contributed by atoms with E-state index in [1.807, 2.05) is 30.7 Å². The summed E-state index contributed by atoms with van der Waals surface area (Å²) in [6.07, 6.45) is 2.08. The van der Waals surface area contributed by atoms with E-state index in [9.17, 15) is 4.79 Å². The average molecular weight is 396 g/mol. The fourth-order valence-corrected chi connectivity index (χ4v) is 3.27. The first-order valence-corrected chi connectivity index (χ1v) is 9.77. The fraction of sp³-hybridized carbons (Fsp3) is 0.500. The standard InChI is InChI=1S/C20H27Cl2N3O/c1-13(2)12-25-15(4)17(14(3)24-25)11-20(26)23-9-5-6-16-7-8-18(21)19(22)10-16/h7-8,10,13H,5-6,9,11-12H2,1-4H3,(H,23,26). The molecule has 0 fully saturated rings. The number of nitrogens with zero attached hydrogens (tertiary/aromatic N) is 2. The summed E-state index contributed by atoms with van der Waals surface area (Å²) in [6, 6.07) is 5.64. The Hall–Kier alpha value is -1.52. The van der Waals surface area contributed by atoms with Crippen molar-refractivity contribution < 1.29 is 4.79 Å². The Bertz CT molecular complexity index is 769. The number of rotatable bonds is 8. The van der Waals surface area contributed by atoms with Crippen molar-refractivity contribution in [3.63, 3.8) is 0 Å². The molecule has 0 spiro atoms. The Morgan fingerprint density at radius 1 is 1.23 bits per heavy atom. The zero-order valence-corrected chi connectivity index (χ0v) is 17.4. The first-order chi connectivity index (χ1) is 12.3. The molecule has 0 unspecified atom stereocenters. The van der Waals surface area contributed by atoms with Gasteiger partial charge in [-0.1, -0.05) is 43.1 Å². The van der Waals surface area contributed by atoms with Crippen molar-refractivity contribution in [3.05, 3.63) is 50.8 Å². The molecule has 0 aliphatic carbocycles. The molecule has 0 atom stereocenters. The second-order valence-corrected chi connectivity index (χ2v) is 7.92. The van der Waals surface area contributed by atoms with E-state index in [0.717, 1.165) is 41.9 Å². The van der Waals surface area contributed by atoms with Crippen LogP contribution in [0.3, 0.4) is 0 Å². The van der Waals surface area contributed by atoms with Crippen molar-refractivity contribution in [2.75, 3.05) is 6.54 Å². The smallest absolute Gasteiger partial charge is 0.224 e. The lowest BCUT2D eigenvalue weighted by Gasteiger charge is -2.09. The molecule has 0 radical (unpaired) electrons. The van der Waals surface area contributed by atoms with E-state index in [1.54, 1.807) is 6.07 Å². The van der Waals surface area contributed by atoms with Crippen LogP contribution in [0.15, 0.2) is 18.2 Å². The zero-order valence-electron chi connectivity index (χ0n) is 15.9. The van der Waals surface area contributed by atoms with Gasteiger partial charge >= 0.3 is 0 Å². The molecule has 2 rings (SSSR count). The number of hydrogen-bond donors (Lipinski definition) is 1. The summed E-state index contributed by atoms with van der Waals surface area (Å²) in [4.78, 5) is 12.3. The third kappa shape index (κ3) is 5.75. The van der Waals surface area contributed by atoms with Crippen molar-refractivity contribution in [1.82, 2.24) is 15.1 Å². The van der Waals surface area contributed by atoms with E-state index < -0.39 is 0 Å². The number of amides is 1. The van der Waals surface area contributed by atoms with Gasteiger partial charge < -0.3 is 5.32 Å². The Balaban J connectivity index is 1.82. The number of carbonyl (C=O) groups excluding carboxylic acids is 1. The second kappa shape index (κ2) is 9.43. The number of benzene rings is 1. The van der Waals surface area contributed by atoms with Crippen molar-refractivity contribution in [2.45, 2.75) is 53.5 Å². The van der Waals surface area contributed by atoms with Crippen molar-refractivity contribution in [2.24, 2.45) is 5.92 Å². The summed E-state index contributed by atoms with van der Waals surface area (Å²) in [5.41, 5.74) is 4.18. The number of nitrogens with one attached hydrogen (secondary N) is 1. The van der Waals surface area contributed by atoms with E-state index >= 15 is 0 Å². The first kappa shape index (κ1) is 20.8. The maximum atomic E-state index is 12.3. The van der Waals surface area contributed by atoms with Gasteiger partial charge in [-0.15, -0.1) is 0 Å². The lowest BCUT2D eigenvalue weighted by atomic mass is 10.1. The first-order valence-electron chi connectivity index (χ1n) is 9.01. The van der Waals surface area contributed by atoms with Crippen LogP contribution >= 0.6 is 23.2 Å². The highest BCUT2D eigenvalue weighted by Crippen LogP contribution is 2.23. The van der Waals surface area contributed by atoms with Gasteiger partial charge in [0.2, 0.25) is 5.91 Å². The monoisotopic (exact) mass is 395 g/mol. The molecule has 1 N–H and O–H groups in total. The minimum absolute atomic E-state index is 0.0365. The topological polar surface area (TPSA) is 46.9 Å². The molecule has 0 saturated heterocycles. The van der Waals surface area contributed by atoms with Crippen LogP contribution < -0.4 is 5.32 Å². The Kier molecular flexibility index (Phi) is 7.54. The quantitative estimate of drug-likeness (QED) is 0.655. The number of aromatic nitrogens is 2. The summed E-state index contributed by atoms with van der Waals surface area (Å²) >= 11 is 11.9. The van der Waals surface area contributed by atoms with E-state index in [0.29, 0.717) is 28.9 Å². The van der Waals surface area contributed by atoms with Gasteiger partial charge in [0.15, 0.2) is 0 Å². The summed E-state index contributed by atoms with van der Waals surface area (Å²) in [7, 11) is 0. The van der Waals surface area contributed by atoms with E-state index in [2.05, 4.69) is 24.3 Å². The molecule has 0 aliphatic rings. The maximum absolute atomic E-state index is 12.3. The van der Waals surface area contributed by atoms with Crippen LogP contribution in [0, 0.1) is 19.8 Å². The third-order valence-corrected chi connectivity index (χ3v) is 5.09. The Labute approximate surface area is 165 Å². The fourth-order valence-electron chi connectivity index (χ4n) is 2.95. The molecule has 1 aromatic heterocycles. The van der Waals surface area contributed by atoms with E-state index in [-0.39, 0.29) is 5.91 Å². The van der Waals surface area contributed by atoms with Crippen LogP contribution in [0.1, 0.15) is 42.8 Å². The molecule has 1 amide bonds. The van der Waals surface area contributed by atoms with E-state index in [1.165, 1.54) is 0 Å². The molecule has 1 heterocycles. The molecule has 0 aliphatic heterocycles. The average Bonchev–Trinajstić information content (AvgIpc) is 2.81. The lowest BCUT2D eigenvalue weighted by molar-refractivity contribution is -0.120. The van der Waals surface area contributed by atoms with Gasteiger partial charge in [0.05, 0.1) is 22.2 Å². The zero-order chi connectivity index (χ0) is 19.3. The highest BCUT2D eigenvalue weighted by Gasteiger charge is 2.15. The van der Waals surface area contributed by atoms with Gasteiger partial charge in [-0.3, -0.25) is 9.48 Å². The molecule has 0 bridgehead atoms. The number of carbonyl (C=O) groups is 1. The molecule has 142 valence electrons. The van der Waals surface area contributed by atoms with Crippen LogP contribution in [-0.4, -0.2) is 22.2 Å². The normalized spacial score (nSPS) is 11.2. The highest BCUT2D eigenvalue weighted by molar-refractivity contribution is 6.42. The predicted octanol–water partition coefficient (Wildman–Crippen LogP) is 4.75. The molecule has 0 saturated carbocycles. The van der Waals surface area contributed by atoms with Gasteiger partial charge in [-0.2, -0.15) is 5.10 Å². The summed E-state index contributed by atoms with van der Waals surface area (Å²) in [6.45, 7) is 9.84. The van der Waals surface area contributed by atoms with Crippen LogP contribution in [0.5, 0.6) is 0 Å². The van der Waals surface area contributed by atoms with Gasteiger partial charge in [0, 0.05) is 24.3 Å². The third-order valence-electron chi connectivity index (χ3n) is 4.36. The molecule has 26 heavy (non-hydrogen) atoms. The summed E-state index contributed by atoms with van der Waals surface area (Å²) in [5.74, 6) is 0.561. The maximum Gasteiger partial charge on any atom is 0.224 e. The summed E-state index contributed by atoms with van der Waals surface area (Å²) < 4.78 is 2.01. The number of halogens is 2. The van der Waals surface area contributed by atoms with Crippen LogP contribution in [0.2, 0.25) is 10.0 Å². The van der Waals surface area contributed by atoms with Crippen molar-refractivity contribution in [3.8, 4) is 0 Å². The van der Waals surface area contributed by atoms with E-state index in [4.69, 9.17) is 23.2 Å². The Morgan fingerprint density at radius 2 is 1.96 bits per heavy atom. The van der Waals surface area contributed by atoms with Gasteiger partial charge in [-0.05, 0) is 50.3 Å². The molecule has 2 aromatic rings. The summed E-state index contributed by atoms with van der Waals surface area (Å²) in [5, 5.41) is 8.69. The second-order valence-electron chi connectivity index (χ2n) is 7.10. The van der Waals surface area contributed by atoms with Crippen LogP contribution in [0.4, 0.5) is 0 Å². The molecule has 6 heteroatoms. The predicted molar refractivity (Wildman–Crippen MR) is 108 cm³/mol. The van der Waals surface area contributed by atoms with Crippen LogP contribution in [0.25, 0.3) is 0 Å². The SMILES string of the molecule is Cc1nn(CC(C)C)c(C)c1CC(=O)NCCCc1ccc(Cl)c(Cl)c1. The van der Waals surface area contributed by atoms with Crippen LogP contribution in [-0.2, 0) is 24.2 Å². The molecule has 4 nitrogen and oxygen atoms in total. The minimum Gasteiger partial charge on any atom is -0.356 e. The van der Waals surface area contributed by atoms with Crippen molar-refractivity contribution >= 4 is 29.1 Å². The minimum atomic E-state index is 0.0365. The molecular formula is C20H27Cl2N3O. The molecule has 1 aromatic carbocycles. The van der Waals surface area contributed by atoms with Crippen molar-refractivity contribution in [1.29, 1.82) is 0 Å². The highest BCUT2D eigenvalue weighted by atomic mass is 35.5. The number of hydrogen-bond acceptors (Lipinski definition) is 2. The largest absolute Gasteiger partial charge is 0.356 e. The van der Waals surface area contributed by atoms with Gasteiger partial charge in [-0.25, -0.2) is 0 Å². The molecular weight excluding hydrogens is 369 g/mol. The van der Waals surface area contributed by atoms with Gasteiger partial charge in [0.1, 0.15) is 0 Å². The Morgan fingerprint density at radius 3 is 2.62 bits per heavy atom. The number of aryl methyl sites for hydroxylation is 2. The van der Waals surface area contributed by atoms with Gasteiger partial charge in [0.25, 0.3) is 0 Å².